The predicted octanol–water partition coefficient (Wildman–Crippen LogP) is 0.714. The second-order valence-electron chi connectivity index (χ2n) is 2.75. The zero-order chi connectivity index (χ0) is 8.20. The first-order valence-corrected chi connectivity index (χ1v) is 5.43. The van der Waals surface area contributed by atoms with Crippen LogP contribution < -0.4 is 9.48 Å². The minimum absolute atomic E-state index is 0.249. The van der Waals surface area contributed by atoms with Gasteiger partial charge < -0.3 is 0 Å². The summed E-state index contributed by atoms with van der Waals surface area (Å²) in [6.45, 7) is 5.78. The molecule has 4 nitrogen and oxygen atoms in total. The van der Waals surface area contributed by atoms with Crippen molar-refractivity contribution in [2.24, 2.45) is 5.84 Å². The van der Waals surface area contributed by atoms with Crippen LogP contribution in [0, 0.1) is 0 Å². The fourth-order valence-corrected chi connectivity index (χ4v) is 0.806. The summed E-state index contributed by atoms with van der Waals surface area (Å²) in [6.07, 6.45) is 0. The molecule has 0 aliphatic heterocycles. The molecule has 0 rings (SSSR count). The molecule has 0 aromatic carbocycles. The van der Waals surface area contributed by atoms with E-state index in [1.165, 1.54) is 0 Å². The van der Waals surface area contributed by atoms with E-state index in [0.717, 1.165) is 5.28 Å². The molecule has 0 unspecified atom stereocenters. The Morgan fingerprint density at radius 1 is 1.60 bits per heavy atom. The third-order valence-electron chi connectivity index (χ3n) is 0.515. The molecule has 10 heavy (non-hydrogen) atoms. The van der Waals surface area contributed by atoms with E-state index < -0.39 is 0 Å². The van der Waals surface area contributed by atoms with Gasteiger partial charge in [0.05, 0.1) is 5.60 Å². The molecule has 0 aromatic rings. The van der Waals surface area contributed by atoms with E-state index in [1.54, 1.807) is 0 Å². The van der Waals surface area contributed by atoms with Gasteiger partial charge in [0, 0.05) is 0 Å². The number of rotatable bonds is 3. The van der Waals surface area contributed by atoms with Crippen molar-refractivity contribution in [2.45, 2.75) is 26.4 Å². The zero-order valence-corrected chi connectivity index (χ0v) is 8.68. The van der Waals surface area contributed by atoms with Crippen molar-refractivity contribution in [1.82, 2.24) is 8.92 Å². The summed E-state index contributed by atoms with van der Waals surface area (Å²) in [5.74, 6) is 5.36. The molecule has 0 fully saturated rings. The molecule has 0 radical (unpaired) electrons. The quantitative estimate of drug-likeness (QED) is 0.339. The van der Waals surface area contributed by atoms with Crippen LogP contribution in [0.5, 0.6) is 0 Å². The molecule has 0 heterocycles. The Bertz CT molecular complexity index is 112. The Balaban J connectivity index is 3.56. The first kappa shape index (κ1) is 10.4. The van der Waals surface area contributed by atoms with Crippen molar-refractivity contribution < 1.29 is 4.84 Å². The van der Waals surface area contributed by atoms with Gasteiger partial charge in [-0.15, -0.1) is 0 Å². The number of hydrazine groups is 2. The lowest BCUT2D eigenvalue weighted by Crippen LogP contribution is -2.43. The Morgan fingerprint density at radius 3 is 2.40 bits per heavy atom. The second-order valence-corrected chi connectivity index (χ2v) is 3.99. The van der Waals surface area contributed by atoms with Crippen LogP contribution in [0.15, 0.2) is 0 Å². The molecular formula is C5H14IN3O. The van der Waals surface area contributed by atoms with Crippen LogP contribution in [0.1, 0.15) is 20.8 Å². The number of halogens is 1. The summed E-state index contributed by atoms with van der Waals surface area (Å²) in [5.41, 5.74) is -0.249. The minimum atomic E-state index is -0.312. The first-order valence-electron chi connectivity index (χ1n) is 2.82. The molecule has 5 heteroatoms. The highest BCUT2D eigenvalue weighted by molar-refractivity contribution is 14.2. The number of hydrogen-bond acceptors (Lipinski definition) is 4. The molecule has 0 saturated heterocycles. The molecule has 0 bridgehead atoms. The minimum Gasteiger partial charge on any atom is -0.264 e. The molecule has 0 aliphatic rings. The van der Waals surface area contributed by atoms with Crippen molar-refractivity contribution in [2.75, 3.05) is 0 Å². The van der Waals surface area contributed by atoms with Crippen molar-refractivity contribution in [1.29, 1.82) is 0 Å². The topological polar surface area (TPSA) is 50.5 Å². The van der Waals surface area contributed by atoms with Crippen LogP contribution in [0.3, 0.4) is 0 Å². The van der Waals surface area contributed by atoms with Gasteiger partial charge in [-0.2, -0.15) is 3.64 Å². The largest absolute Gasteiger partial charge is 0.264 e. The van der Waals surface area contributed by atoms with Gasteiger partial charge in [0.25, 0.3) is 0 Å². The van der Waals surface area contributed by atoms with Crippen molar-refractivity contribution in [3.8, 4) is 0 Å². The third-order valence-corrected chi connectivity index (χ3v) is 1.33. The van der Waals surface area contributed by atoms with Crippen LogP contribution in [0.25, 0.3) is 0 Å². The van der Waals surface area contributed by atoms with E-state index >= 15 is 0 Å². The Kier molecular flexibility index (Phi) is 4.54. The molecule has 0 amide bonds. The maximum absolute atomic E-state index is 5.36. The summed E-state index contributed by atoms with van der Waals surface area (Å²) in [7, 11) is 0. The highest BCUT2D eigenvalue weighted by Crippen LogP contribution is 2.06. The van der Waals surface area contributed by atoms with Crippen molar-refractivity contribution >= 4 is 25.5 Å². The molecule has 0 aliphatic carbocycles. The van der Waals surface area contributed by atoms with Gasteiger partial charge in [-0.05, 0) is 47.1 Å². The van der Waals surface area contributed by atoms with Crippen molar-refractivity contribution in [3.63, 3.8) is 0 Å². The van der Waals surface area contributed by atoms with Gasteiger partial charge in [-0.3, -0.25) is 4.84 Å². The highest BCUT2D eigenvalue weighted by Gasteiger charge is 2.13. The summed E-state index contributed by atoms with van der Waals surface area (Å²) in [6, 6.07) is 0. The summed E-state index contributed by atoms with van der Waals surface area (Å²) in [4.78, 5) is 5.17. The monoisotopic (exact) mass is 259 g/mol. The molecule has 0 spiro atoms. The lowest BCUT2D eigenvalue weighted by atomic mass is 10.2. The van der Waals surface area contributed by atoms with Crippen LogP contribution in [0.4, 0.5) is 0 Å². The van der Waals surface area contributed by atoms with E-state index in [4.69, 9.17) is 10.7 Å². The lowest BCUT2D eigenvalue weighted by molar-refractivity contribution is -0.241. The van der Waals surface area contributed by atoms with Crippen LogP contribution in [0.2, 0.25) is 0 Å². The molecule has 0 saturated carbocycles. The highest BCUT2D eigenvalue weighted by atomic mass is 127. The van der Waals surface area contributed by atoms with Gasteiger partial charge in [-0.1, -0.05) is 4.51 Å². The maximum Gasteiger partial charge on any atom is 0.0848 e. The second kappa shape index (κ2) is 4.35. The lowest BCUT2D eigenvalue weighted by Gasteiger charge is -2.24. The number of nitrogens with zero attached hydrogens (tertiary/aromatic N) is 1. The number of hydrogen-bond donors (Lipinski definition) is 2. The fourth-order valence-electron chi connectivity index (χ4n) is 0.371. The smallest absolute Gasteiger partial charge is 0.0848 e. The Hall–Kier alpha value is 0.440. The van der Waals surface area contributed by atoms with Gasteiger partial charge in [0.15, 0.2) is 0 Å². The zero-order valence-electron chi connectivity index (χ0n) is 6.52. The number of nitrogens with one attached hydrogen (secondary N) is 1. The molecule has 0 atom stereocenters. The van der Waals surface area contributed by atoms with Crippen LogP contribution in [-0.4, -0.2) is 15.4 Å². The van der Waals surface area contributed by atoms with Gasteiger partial charge in [0.2, 0.25) is 0 Å². The fraction of sp³-hybridized carbons (Fsp3) is 0.800. The molecule has 62 valence electrons. The van der Waals surface area contributed by atoms with E-state index in [1.807, 2.05) is 20.8 Å². The summed E-state index contributed by atoms with van der Waals surface area (Å²) in [5, 5.41) is 1.13. The van der Waals surface area contributed by atoms with Crippen LogP contribution >= 0.6 is 21.0 Å². The van der Waals surface area contributed by atoms with Crippen molar-refractivity contribution in [3.05, 3.63) is 0 Å². The maximum atomic E-state index is 5.36. The average Bonchev–Trinajstić information content (AvgIpc) is 1.59. The predicted molar refractivity (Wildman–Crippen MR) is 51.1 cm³/mol. The van der Waals surface area contributed by atoms with Gasteiger partial charge in [0.1, 0.15) is 0 Å². The van der Waals surface area contributed by atoms with Gasteiger partial charge >= 0.3 is 0 Å². The molecular weight excluding hydrogens is 245 g/mol. The summed E-state index contributed by atoms with van der Waals surface area (Å²) < 4.78 is 6.44. The number of nitrogens with two attached hydrogens (primary N) is 1. The Morgan fingerprint density at radius 2 is 2.10 bits per heavy atom. The summed E-state index contributed by atoms with van der Waals surface area (Å²) >= 11 is -0.312. The SMILES string of the molecule is C=INN(N)OC(C)(C)C. The van der Waals surface area contributed by atoms with Crippen LogP contribution in [-0.2, 0) is 4.84 Å². The first-order chi connectivity index (χ1) is 4.45. The standard InChI is InChI=1S/C5H14IN3O/c1-5(2,3)10-9(7)8-6-4/h8H,4,7H2,1-3H3. The van der Waals surface area contributed by atoms with E-state index in [-0.39, 0.29) is 26.6 Å². The van der Waals surface area contributed by atoms with E-state index in [0.29, 0.717) is 0 Å². The third kappa shape index (κ3) is 6.56. The van der Waals surface area contributed by atoms with Gasteiger partial charge in [-0.25, -0.2) is 5.84 Å². The average molecular weight is 259 g/mol. The van der Waals surface area contributed by atoms with E-state index in [9.17, 15) is 0 Å². The Labute approximate surface area is 71.7 Å². The van der Waals surface area contributed by atoms with E-state index in [2.05, 4.69) is 8.15 Å². The normalized spacial score (nSPS) is 12.5. The molecule has 3 N–H and O–H groups in total. The molecule has 0 aromatic heterocycles.